The van der Waals surface area contributed by atoms with Crippen molar-refractivity contribution >= 4 is 0 Å². The van der Waals surface area contributed by atoms with Crippen LogP contribution in [-0.4, -0.2) is 18.8 Å². The lowest BCUT2D eigenvalue weighted by atomic mass is 9.92. The number of aliphatic hydroxyl groups is 1. The van der Waals surface area contributed by atoms with Crippen LogP contribution in [0.5, 0.6) is 5.75 Å². The molecule has 2 rings (SSSR count). The molecule has 20 heavy (non-hydrogen) atoms. The zero-order valence-corrected chi connectivity index (χ0v) is 11.8. The maximum atomic E-state index is 13.7. The van der Waals surface area contributed by atoms with Crippen LogP contribution in [-0.2, 0) is 6.42 Å². The smallest absolute Gasteiger partial charge is 0.165 e. The number of aryl methyl sites for hydroxylation is 1. The molecule has 0 saturated heterocycles. The minimum absolute atomic E-state index is 0.0253. The highest BCUT2D eigenvalue weighted by atomic mass is 19.1. The highest BCUT2D eigenvalue weighted by molar-refractivity contribution is 5.32. The highest BCUT2D eigenvalue weighted by Gasteiger charge is 2.13. The summed E-state index contributed by atoms with van der Waals surface area (Å²) in [4.78, 5) is 0. The highest BCUT2D eigenvalue weighted by Crippen LogP contribution is 2.24. The monoisotopic (exact) mass is 274 g/mol. The van der Waals surface area contributed by atoms with Crippen molar-refractivity contribution in [2.45, 2.75) is 19.3 Å². The zero-order chi connectivity index (χ0) is 14.5. The molecule has 1 atom stereocenters. The van der Waals surface area contributed by atoms with Crippen LogP contribution in [0, 0.1) is 12.7 Å². The second-order valence-electron chi connectivity index (χ2n) is 4.97. The van der Waals surface area contributed by atoms with Crippen LogP contribution in [0.15, 0.2) is 42.5 Å². The van der Waals surface area contributed by atoms with E-state index >= 15 is 0 Å². The molecule has 0 aliphatic carbocycles. The van der Waals surface area contributed by atoms with Gasteiger partial charge in [-0.25, -0.2) is 4.39 Å². The summed E-state index contributed by atoms with van der Waals surface area (Å²) in [6.45, 7) is 2.06. The van der Waals surface area contributed by atoms with Crippen LogP contribution in [0.3, 0.4) is 0 Å². The molecule has 0 bridgehead atoms. The number of hydrogen-bond acceptors (Lipinski definition) is 2. The van der Waals surface area contributed by atoms with E-state index in [-0.39, 0.29) is 24.1 Å². The molecule has 1 N–H and O–H groups in total. The Labute approximate surface area is 118 Å². The molecule has 0 aromatic heterocycles. The van der Waals surface area contributed by atoms with Crippen LogP contribution in [0.2, 0.25) is 0 Å². The van der Waals surface area contributed by atoms with Crippen molar-refractivity contribution in [3.8, 4) is 5.75 Å². The van der Waals surface area contributed by atoms with Gasteiger partial charge in [-0.1, -0.05) is 35.9 Å². The number of methoxy groups -OCH3 is 1. The molecule has 0 saturated carbocycles. The molecule has 0 fully saturated rings. The van der Waals surface area contributed by atoms with E-state index in [1.807, 2.05) is 31.2 Å². The van der Waals surface area contributed by atoms with Gasteiger partial charge in [0.2, 0.25) is 0 Å². The molecule has 0 radical (unpaired) electrons. The third-order valence-electron chi connectivity index (χ3n) is 3.43. The molecule has 0 heterocycles. The molecule has 1 unspecified atom stereocenters. The van der Waals surface area contributed by atoms with Gasteiger partial charge < -0.3 is 9.84 Å². The first-order chi connectivity index (χ1) is 9.63. The molecular weight excluding hydrogens is 255 g/mol. The SMILES string of the molecule is COc1ccc(CC(CO)c2cccc(C)c2)cc1F. The predicted molar refractivity (Wildman–Crippen MR) is 77.7 cm³/mol. The molecule has 2 nitrogen and oxygen atoms in total. The van der Waals surface area contributed by atoms with Crippen molar-refractivity contribution < 1.29 is 14.2 Å². The topological polar surface area (TPSA) is 29.5 Å². The lowest BCUT2D eigenvalue weighted by molar-refractivity contribution is 0.264. The lowest BCUT2D eigenvalue weighted by Gasteiger charge is -2.16. The second kappa shape index (κ2) is 6.53. The van der Waals surface area contributed by atoms with E-state index in [0.717, 1.165) is 16.7 Å². The molecule has 2 aromatic rings. The summed E-state index contributed by atoms with van der Waals surface area (Å²) in [6.07, 6.45) is 0.598. The molecule has 0 aliphatic rings. The summed E-state index contributed by atoms with van der Waals surface area (Å²) in [6, 6.07) is 13.0. The Hall–Kier alpha value is -1.87. The second-order valence-corrected chi connectivity index (χ2v) is 4.97. The van der Waals surface area contributed by atoms with E-state index in [9.17, 15) is 9.50 Å². The molecule has 0 spiro atoms. The summed E-state index contributed by atoms with van der Waals surface area (Å²) >= 11 is 0. The Morgan fingerprint density at radius 1 is 1.20 bits per heavy atom. The lowest BCUT2D eigenvalue weighted by Crippen LogP contribution is -2.08. The summed E-state index contributed by atoms with van der Waals surface area (Å²) in [5.41, 5.74) is 3.08. The van der Waals surface area contributed by atoms with Crippen molar-refractivity contribution in [1.82, 2.24) is 0 Å². The van der Waals surface area contributed by atoms with Gasteiger partial charge in [-0.3, -0.25) is 0 Å². The first kappa shape index (κ1) is 14.5. The van der Waals surface area contributed by atoms with Gasteiger partial charge in [-0.2, -0.15) is 0 Å². The van der Waals surface area contributed by atoms with Crippen molar-refractivity contribution in [2.24, 2.45) is 0 Å². The quantitative estimate of drug-likeness (QED) is 0.904. The summed E-state index contributed by atoms with van der Waals surface area (Å²) in [5.74, 6) is -0.154. The van der Waals surface area contributed by atoms with Gasteiger partial charge >= 0.3 is 0 Å². The fourth-order valence-corrected chi connectivity index (χ4v) is 2.33. The number of hydrogen-bond donors (Lipinski definition) is 1. The maximum absolute atomic E-state index is 13.7. The van der Waals surface area contributed by atoms with E-state index in [0.29, 0.717) is 6.42 Å². The van der Waals surface area contributed by atoms with E-state index in [2.05, 4.69) is 6.07 Å². The summed E-state index contributed by atoms with van der Waals surface area (Å²) in [7, 11) is 1.45. The van der Waals surface area contributed by atoms with Crippen LogP contribution >= 0.6 is 0 Å². The predicted octanol–water partition coefficient (Wildman–Crippen LogP) is 3.46. The Kier molecular flexibility index (Phi) is 4.74. The molecule has 0 aliphatic heterocycles. The third-order valence-corrected chi connectivity index (χ3v) is 3.43. The average Bonchev–Trinajstić information content (AvgIpc) is 2.45. The van der Waals surface area contributed by atoms with Crippen LogP contribution in [0.1, 0.15) is 22.6 Å². The van der Waals surface area contributed by atoms with Crippen LogP contribution in [0.4, 0.5) is 4.39 Å². The van der Waals surface area contributed by atoms with Gasteiger partial charge in [0.05, 0.1) is 13.7 Å². The number of rotatable bonds is 5. The van der Waals surface area contributed by atoms with E-state index in [1.54, 1.807) is 6.07 Å². The number of benzene rings is 2. The third kappa shape index (κ3) is 3.36. The Bertz CT molecular complexity index is 581. The van der Waals surface area contributed by atoms with Gasteiger partial charge in [-0.05, 0) is 36.6 Å². The molecule has 106 valence electrons. The minimum atomic E-state index is -0.370. The fraction of sp³-hybridized carbons (Fsp3) is 0.294. The normalized spacial score (nSPS) is 12.2. The van der Waals surface area contributed by atoms with Gasteiger partial charge in [-0.15, -0.1) is 0 Å². The average molecular weight is 274 g/mol. The van der Waals surface area contributed by atoms with Crippen LogP contribution < -0.4 is 4.74 Å². The van der Waals surface area contributed by atoms with Crippen molar-refractivity contribution in [1.29, 1.82) is 0 Å². The van der Waals surface area contributed by atoms with Crippen LogP contribution in [0.25, 0.3) is 0 Å². The van der Waals surface area contributed by atoms with Crippen molar-refractivity contribution in [2.75, 3.05) is 13.7 Å². The molecule has 0 amide bonds. The minimum Gasteiger partial charge on any atom is -0.494 e. The van der Waals surface area contributed by atoms with Crippen molar-refractivity contribution in [3.63, 3.8) is 0 Å². The maximum Gasteiger partial charge on any atom is 0.165 e. The number of halogens is 1. The van der Waals surface area contributed by atoms with E-state index in [4.69, 9.17) is 4.74 Å². The standard InChI is InChI=1S/C17H19FO2/c1-12-4-3-5-14(8-12)15(11-19)9-13-6-7-17(20-2)16(18)10-13/h3-8,10,15,19H,9,11H2,1-2H3. The van der Waals surface area contributed by atoms with Gasteiger partial charge in [0.25, 0.3) is 0 Å². The first-order valence-corrected chi connectivity index (χ1v) is 6.64. The summed E-state index contributed by atoms with van der Waals surface area (Å²) < 4.78 is 18.6. The Balaban J connectivity index is 2.20. The molecule has 2 aromatic carbocycles. The summed E-state index contributed by atoms with van der Waals surface area (Å²) in [5, 5.41) is 9.58. The first-order valence-electron chi connectivity index (χ1n) is 6.64. The van der Waals surface area contributed by atoms with Gasteiger partial charge in [0.15, 0.2) is 11.6 Å². The Morgan fingerprint density at radius 2 is 2.00 bits per heavy atom. The van der Waals surface area contributed by atoms with E-state index in [1.165, 1.54) is 13.2 Å². The number of aliphatic hydroxyl groups excluding tert-OH is 1. The van der Waals surface area contributed by atoms with E-state index < -0.39 is 0 Å². The largest absolute Gasteiger partial charge is 0.494 e. The van der Waals surface area contributed by atoms with Gasteiger partial charge in [0, 0.05) is 5.92 Å². The van der Waals surface area contributed by atoms with Crippen molar-refractivity contribution in [3.05, 3.63) is 65.0 Å². The number of ether oxygens (including phenoxy) is 1. The zero-order valence-electron chi connectivity index (χ0n) is 11.8. The van der Waals surface area contributed by atoms with Gasteiger partial charge in [0.1, 0.15) is 0 Å². The Morgan fingerprint density at radius 3 is 2.60 bits per heavy atom. The fourth-order valence-electron chi connectivity index (χ4n) is 2.33. The molecule has 3 heteroatoms. The molecular formula is C17H19FO2.